The fraction of sp³-hybridized carbons (Fsp3) is 0.190. The van der Waals surface area contributed by atoms with Crippen LogP contribution < -0.4 is 10.2 Å². The van der Waals surface area contributed by atoms with E-state index in [2.05, 4.69) is 74.0 Å². The molecule has 136 valence electrons. The van der Waals surface area contributed by atoms with Crippen molar-refractivity contribution in [1.29, 1.82) is 0 Å². The van der Waals surface area contributed by atoms with E-state index in [0.717, 1.165) is 41.4 Å². The second kappa shape index (κ2) is 7.45. The van der Waals surface area contributed by atoms with Gasteiger partial charge >= 0.3 is 0 Å². The number of anilines is 2. The SMILES string of the molecule is CN(C)c1ccccc1-c1cnc2c(NCCc3cccnc3)nccn12. The average molecular weight is 358 g/mol. The van der Waals surface area contributed by atoms with E-state index in [1.165, 1.54) is 5.56 Å². The number of nitrogens with one attached hydrogen (secondary N) is 1. The molecule has 27 heavy (non-hydrogen) atoms. The number of pyridine rings is 1. The molecule has 0 amide bonds. The van der Waals surface area contributed by atoms with Crippen LogP contribution in [0.2, 0.25) is 0 Å². The molecule has 0 aliphatic heterocycles. The van der Waals surface area contributed by atoms with Gasteiger partial charge in [-0.15, -0.1) is 0 Å². The lowest BCUT2D eigenvalue weighted by Crippen LogP contribution is -2.10. The van der Waals surface area contributed by atoms with Crippen molar-refractivity contribution in [3.63, 3.8) is 0 Å². The summed E-state index contributed by atoms with van der Waals surface area (Å²) in [6.45, 7) is 0.773. The van der Waals surface area contributed by atoms with Crippen LogP contribution in [0.5, 0.6) is 0 Å². The molecule has 0 aliphatic carbocycles. The molecule has 1 N–H and O–H groups in total. The monoisotopic (exact) mass is 358 g/mol. The highest BCUT2D eigenvalue weighted by atomic mass is 15.1. The Morgan fingerprint density at radius 3 is 2.70 bits per heavy atom. The number of hydrogen-bond acceptors (Lipinski definition) is 5. The van der Waals surface area contributed by atoms with Crippen LogP contribution in [0.1, 0.15) is 5.56 Å². The van der Waals surface area contributed by atoms with Crippen molar-refractivity contribution < 1.29 is 0 Å². The maximum Gasteiger partial charge on any atom is 0.180 e. The Hall–Kier alpha value is -3.41. The third-order valence-corrected chi connectivity index (χ3v) is 4.52. The van der Waals surface area contributed by atoms with Crippen LogP contribution in [0.15, 0.2) is 67.4 Å². The number of aromatic nitrogens is 4. The molecule has 3 aromatic heterocycles. The number of imidazole rings is 1. The van der Waals surface area contributed by atoms with Gasteiger partial charge in [-0.1, -0.05) is 24.3 Å². The van der Waals surface area contributed by atoms with Gasteiger partial charge in [-0.05, 0) is 24.1 Å². The van der Waals surface area contributed by atoms with Crippen molar-refractivity contribution >= 4 is 17.2 Å². The first-order valence-electron chi connectivity index (χ1n) is 8.95. The minimum absolute atomic E-state index is 0.773. The molecular formula is C21H22N6. The molecule has 0 fully saturated rings. The lowest BCUT2D eigenvalue weighted by Gasteiger charge is -2.17. The summed E-state index contributed by atoms with van der Waals surface area (Å²) in [4.78, 5) is 15.4. The van der Waals surface area contributed by atoms with Crippen molar-refractivity contribution in [2.24, 2.45) is 0 Å². The molecule has 0 spiro atoms. The highest BCUT2D eigenvalue weighted by Crippen LogP contribution is 2.31. The van der Waals surface area contributed by atoms with Gasteiger partial charge in [0.15, 0.2) is 11.5 Å². The molecule has 0 atom stereocenters. The van der Waals surface area contributed by atoms with Gasteiger partial charge in [-0.2, -0.15) is 0 Å². The fourth-order valence-corrected chi connectivity index (χ4v) is 3.19. The summed E-state index contributed by atoms with van der Waals surface area (Å²) in [5, 5.41) is 3.41. The van der Waals surface area contributed by atoms with Gasteiger partial charge in [0.05, 0.1) is 11.9 Å². The normalized spacial score (nSPS) is 10.9. The van der Waals surface area contributed by atoms with Gasteiger partial charge < -0.3 is 10.2 Å². The van der Waals surface area contributed by atoms with E-state index in [1.807, 2.05) is 30.9 Å². The summed E-state index contributed by atoms with van der Waals surface area (Å²) in [5.41, 5.74) is 5.37. The number of benzene rings is 1. The number of nitrogens with zero attached hydrogens (tertiary/aromatic N) is 5. The van der Waals surface area contributed by atoms with Gasteiger partial charge in [0, 0.05) is 56.7 Å². The molecule has 0 saturated carbocycles. The van der Waals surface area contributed by atoms with Gasteiger partial charge in [-0.3, -0.25) is 9.38 Å². The second-order valence-electron chi connectivity index (χ2n) is 6.56. The highest BCUT2D eigenvalue weighted by Gasteiger charge is 2.13. The molecule has 0 unspecified atom stereocenters. The van der Waals surface area contributed by atoms with E-state index in [-0.39, 0.29) is 0 Å². The Bertz CT molecular complexity index is 1040. The largest absolute Gasteiger partial charge is 0.377 e. The number of para-hydroxylation sites is 1. The molecular weight excluding hydrogens is 336 g/mol. The smallest absolute Gasteiger partial charge is 0.180 e. The summed E-state index contributed by atoms with van der Waals surface area (Å²) < 4.78 is 2.09. The Morgan fingerprint density at radius 2 is 1.89 bits per heavy atom. The molecule has 3 heterocycles. The van der Waals surface area contributed by atoms with E-state index in [4.69, 9.17) is 0 Å². The van der Waals surface area contributed by atoms with Crippen LogP contribution in [0, 0.1) is 0 Å². The summed E-state index contributed by atoms with van der Waals surface area (Å²) in [6.07, 6.45) is 10.2. The lowest BCUT2D eigenvalue weighted by molar-refractivity contribution is 0.987. The summed E-state index contributed by atoms with van der Waals surface area (Å²) >= 11 is 0. The zero-order valence-corrected chi connectivity index (χ0v) is 15.5. The van der Waals surface area contributed by atoms with E-state index in [0.29, 0.717) is 0 Å². The Morgan fingerprint density at radius 1 is 1.00 bits per heavy atom. The van der Waals surface area contributed by atoms with Crippen LogP contribution in [0.4, 0.5) is 11.5 Å². The van der Waals surface area contributed by atoms with E-state index in [9.17, 15) is 0 Å². The van der Waals surface area contributed by atoms with Crippen molar-refractivity contribution in [2.75, 3.05) is 30.9 Å². The van der Waals surface area contributed by atoms with E-state index in [1.54, 1.807) is 6.20 Å². The van der Waals surface area contributed by atoms with Crippen molar-refractivity contribution in [3.8, 4) is 11.3 Å². The Kier molecular flexibility index (Phi) is 4.70. The molecule has 6 heteroatoms. The van der Waals surface area contributed by atoms with Crippen LogP contribution in [-0.2, 0) is 6.42 Å². The predicted octanol–water partition coefficient (Wildman–Crippen LogP) is 3.51. The quantitative estimate of drug-likeness (QED) is 0.572. The first-order chi connectivity index (χ1) is 13.2. The summed E-state index contributed by atoms with van der Waals surface area (Å²) in [5.74, 6) is 0.787. The molecule has 0 saturated heterocycles. The maximum atomic E-state index is 4.63. The molecule has 6 nitrogen and oxygen atoms in total. The molecule has 4 rings (SSSR count). The lowest BCUT2D eigenvalue weighted by atomic mass is 10.1. The third-order valence-electron chi connectivity index (χ3n) is 4.52. The van der Waals surface area contributed by atoms with Gasteiger partial charge in [0.2, 0.25) is 0 Å². The van der Waals surface area contributed by atoms with Crippen molar-refractivity contribution in [2.45, 2.75) is 6.42 Å². The van der Waals surface area contributed by atoms with Crippen LogP contribution in [0.25, 0.3) is 16.9 Å². The van der Waals surface area contributed by atoms with Gasteiger partial charge in [0.1, 0.15) is 0 Å². The first-order valence-corrected chi connectivity index (χ1v) is 8.95. The zero-order valence-electron chi connectivity index (χ0n) is 15.5. The molecule has 0 bridgehead atoms. The van der Waals surface area contributed by atoms with Gasteiger partial charge in [-0.25, -0.2) is 9.97 Å². The maximum absolute atomic E-state index is 4.63. The number of fused-ring (bicyclic) bond motifs is 1. The van der Waals surface area contributed by atoms with E-state index < -0.39 is 0 Å². The van der Waals surface area contributed by atoms with Crippen LogP contribution in [0.3, 0.4) is 0 Å². The van der Waals surface area contributed by atoms with Gasteiger partial charge in [0.25, 0.3) is 0 Å². The van der Waals surface area contributed by atoms with Crippen LogP contribution >= 0.6 is 0 Å². The summed E-state index contributed by atoms with van der Waals surface area (Å²) in [6, 6.07) is 12.4. The standard InChI is InChI=1S/C21H22N6/c1-26(2)18-8-4-3-7-17(18)19-15-25-21-20(24-12-13-27(19)21)23-11-9-16-6-5-10-22-14-16/h3-8,10,12-15H,9,11H2,1-2H3,(H,23,24). The third kappa shape index (κ3) is 3.46. The summed E-state index contributed by atoms with van der Waals surface area (Å²) in [7, 11) is 4.10. The number of hydrogen-bond donors (Lipinski definition) is 1. The molecule has 0 aliphatic rings. The van der Waals surface area contributed by atoms with Crippen LogP contribution in [-0.4, -0.2) is 40.0 Å². The minimum Gasteiger partial charge on any atom is -0.377 e. The van der Waals surface area contributed by atoms with E-state index >= 15 is 0 Å². The first kappa shape index (κ1) is 17.0. The van der Waals surface area contributed by atoms with Crippen molar-refractivity contribution in [3.05, 3.63) is 72.9 Å². The number of rotatable bonds is 6. The highest BCUT2D eigenvalue weighted by molar-refractivity contribution is 5.79. The molecule has 4 aromatic rings. The average Bonchev–Trinajstić information content (AvgIpc) is 3.13. The predicted molar refractivity (Wildman–Crippen MR) is 109 cm³/mol. The van der Waals surface area contributed by atoms with Crippen molar-refractivity contribution in [1.82, 2.24) is 19.4 Å². The molecule has 0 radical (unpaired) electrons. The Balaban J connectivity index is 1.62. The minimum atomic E-state index is 0.773. The molecule has 1 aromatic carbocycles. The zero-order chi connectivity index (χ0) is 18.6. The topological polar surface area (TPSA) is 58.4 Å². The fourth-order valence-electron chi connectivity index (χ4n) is 3.19. The Labute approximate surface area is 158 Å². The second-order valence-corrected chi connectivity index (χ2v) is 6.56.